The van der Waals surface area contributed by atoms with Crippen LogP contribution in [0.3, 0.4) is 0 Å². The van der Waals surface area contributed by atoms with Crippen molar-refractivity contribution in [3.05, 3.63) is 23.2 Å². The SMILES string of the molecule is CNCC1COc2ccc(Cl)cc2O1. The monoisotopic (exact) mass is 213 g/mol. The molecule has 0 spiro atoms. The second-order valence-electron chi connectivity index (χ2n) is 3.20. The van der Waals surface area contributed by atoms with E-state index in [0.717, 1.165) is 18.0 Å². The molecule has 76 valence electrons. The smallest absolute Gasteiger partial charge is 0.163 e. The van der Waals surface area contributed by atoms with E-state index in [-0.39, 0.29) is 6.10 Å². The van der Waals surface area contributed by atoms with Crippen LogP contribution in [0.1, 0.15) is 0 Å². The van der Waals surface area contributed by atoms with Crippen LogP contribution in [0.2, 0.25) is 5.02 Å². The third-order valence-corrected chi connectivity index (χ3v) is 2.29. The van der Waals surface area contributed by atoms with Gasteiger partial charge in [0.1, 0.15) is 12.7 Å². The second kappa shape index (κ2) is 4.07. The Hall–Kier alpha value is -0.930. The molecule has 1 unspecified atom stereocenters. The molecule has 0 aliphatic carbocycles. The van der Waals surface area contributed by atoms with Crippen LogP contribution in [0.4, 0.5) is 0 Å². The van der Waals surface area contributed by atoms with Crippen LogP contribution in [-0.4, -0.2) is 26.3 Å². The molecule has 0 bridgehead atoms. The van der Waals surface area contributed by atoms with Gasteiger partial charge in [-0.2, -0.15) is 0 Å². The highest BCUT2D eigenvalue weighted by Crippen LogP contribution is 2.33. The minimum absolute atomic E-state index is 0.0611. The van der Waals surface area contributed by atoms with E-state index in [9.17, 15) is 0 Å². The van der Waals surface area contributed by atoms with Gasteiger partial charge in [-0.05, 0) is 19.2 Å². The number of benzene rings is 1. The summed E-state index contributed by atoms with van der Waals surface area (Å²) in [5.41, 5.74) is 0. The fraction of sp³-hybridized carbons (Fsp3) is 0.400. The fourth-order valence-electron chi connectivity index (χ4n) is 1.42. The molecule has 14 heavy (non-hydrogen) atoms. The lowest BCUT2D eigenvalue weighted by Crippen LogP contribution is -2.37. The number of halogens is 1. The molecule has 0 fully saturated rings. The third kappa shape index (κ3) is 1.94. The Labute approximate surface area is 88.0 Å². The predicted molar refractivity (Wildman–Crippen MR) is 55.3 cm³/mol. The van der Waals surface area contributed by atoms with Gasteiger partial charge in [0, 0.05) is 17.6 Å². The largest absolute Gasteiger partial charge is 0.486 e. The molecule has 1 aromatic carbocycles. The van der Waals surface area contributed by atoms with Gasteiger partial charge in [-0.25, -0.2) is 0 Å². The van der Waals surface area contributed by atoms with Gasteiger partial charge in [0.2, 0.25) is 0 Å². The maximum absolute atomic E-state index is 5.85. The van der Waals surface area contributed by atoms with Crippen LogP contribution in [-0.2, 0) is 0 Å². The Bertz CT molecular complexity index is 330. The lowest BCUT2D eigenvalue weighted by molar-refractivity contribution is 0.0919. The first-order valence-corrected chi connectivity index (χ1v) is 4.91. The van der Waals surface area contributed by atoms with Crippen molar-refractivity contribution >= 4 is 11.6 Å². The second-order valence-corrected chi connectivity index (χ2v) is 3.64. The van der Waals surface area contributed by atoms with Crippen molar-refractivity contribution in [1.82, 2.24) is 5.32 Å². The Morgan fingerprint density at radius 1 is 1.50 bits per heavy atom. The highest BCUT2D eigenvalue weighted by atomic mass is 35.5. The molecule has 0 radical (unpaired) electrons. The number of nitrogens with one attached hydrogen (secondary N) is 1. The molecular weight excluding hydrogens is 202 g/mol. The molecule has 1 atom stereocenters. The van der Waals surface area contributed by atoms with Crippen molar-refractivity contribution < 1.29 is 9.47 Å². The number of rotatable bonds is 2. The zero-order valence-corrected chi connectivity index (χ0v) is 8.67. The van der Waals surface area contributed by atoms with E-state index >= 15 is 0 Å². The summed E-state index contributed by atoms with van der Waals surface area (Å²) in [5, 5.41) is 3.71. The molecule has 1 aliphatic rings. The highest BCUT2D eigenvalue weighted by Gasteiger charge is 2.20. The van der Waals surface area contributed by atoms with Gasteiger partial charge >= 0.3 is 0 Å². The molecule has 0 aromatic heterocycles. The van der Waals surface area contributed by atoms with Gasteiger partial charge in [0.15, 0.2) is 11.5 Å². The van der Waals surface area contributed by atoms with Crippen molar-refractivity contribution in [2.75, 3.05) is 20.2 Å². The summed E-state index contributed by atoms with van der Waals surface area (Å²) in [5.74, 6) is 1.49. The molecule has 0 saturated heterocycles. The number of hydrogen-bond donors (Lipinski definition) is 1. The summed E-state index contributed by atoms with van der Waals surface area (Å²) < 4.78 is 11.2. The van der Waals surface area contributed by atoms with Crippen LogP contribution >= 0.6 is 11.6 Å². The van der Waals surface area contributed by atoms with Gasteiger partial charge in [-0.1, -0.05) is 11.6 Å². The molecular formula is C10H12ClNO2. The summed E-state index contributed by atoms with van der Waals surface area (Å²) in [6, 6.07) is 5.40. The number of ether oxygens (including phenoxy) is 2. The maximum Gasteiger partial charge on any atom is 0.163 e. The zero-order chi connectivity index (χ0) is 9.97. The Balaban J connectivity index is 2.16. The van der Waals surface area contributed by atoms with E-state index in [1.54, 1.807) is 12.1 Å². The lowest BCUT2D eigenvalue weighted by Gasteiger charge is -2.26. The van der Waals surface area contributed by atoms with Crippen LogP contribution < -0.4 is 14.8 Å². The third-order valence-electron chi connectivity index (χ3n) is 2.06. The van der Waals surface area contributed by atoms with Crippen LogP contribution in [0.5, 0.6) is 11.5 Å². The first-order chi connectivity index (χ1) is 6.79. The van der Waals surface area contributed by atoms with E-state index in [1.807, 2.05) is 13.1 Å². The van der Waals surface area contributed by atoms with Crippen molar-refractivity contribution in [2.45, 2.75) is 6.10 Å². The lowest BCUT2D eigenvalue weighted by atomic mass is 10.2. The van der Waals surface area contributed by atoms with Gasteiger partial charge in [-0.3, -0.25) is 0 Å². The Kier molecular flexibility index (Phi) is 2.79. The van der Waals surface area contributed by atoms with Crippen molar-refractivity contribution in [1.29, 1.82) is 0 Å². The molecule has 0 amide bonds. The van der Waals surface area contributed by atoms with Crippen molar-refractivity contribution in [2.24, 2.45) is 0 Å². The molecule has 2 rings (SSSR count). The average Bonchev–Trinajstić information content (AvgIpc) is 2.17. The predicted octanol–water partition coefficient (Wildman–Crippen LogP) is 1.70. The van der Waals surface area contributed by atoms with Gasteiger partial charge < -0.3 is 14.8 Å². The van der Waals surface area contributed by atoms with Gasteiger partial charge in [0.25, 0.3) is 0 Å². The van der Waals surface area contributed by atoms with E-state index in [4.69, 9.17) is 21.1 Å². The summed E-state index contributed by atoms with van der Waals surface area (Å²) in [4.78, 5) is 0. The summed E-state index contributed by atoms with van der Waals surface area (Å²) in [6.45, 7) is 1.35. The van der Waals surface area contributed by atoms with Crippen molar-refractivity contribution in [3.8, 4) is 11.5 Å². The summed E-state index contributed by atoms with van der Waals surface area (Å²) >= 11 is 5.85. The number of likely N-dealkylation sites (N-methyl/N-ethyl adjacent to an activating group) is 1. The maximum atomic E-state index is 5.85. The molecule has 4 heteroatoms. The van der Waals surface area contributed by atoms with E-state index in [2.05, 4.69) is 5.32 Å². The minimum atomic E-state index is 0.0611. The van der Waals surface area contributed by atoms with Crippen LogP contribution in [0.25, 0.3) is 0 Å². The Morgan fingerprint density at radius 3 is 3.14 bits per heavy atom. The average molecular weight is 214 g/mol. The fourth-order valence-corrected chi connectivity index (χ4v) is 1.58. The number of fused-ring (bicyclic) bond motifs is 1. The van der Waals surface area contributed by atoms with Crippen LogP contribution in [0.15, 0.2) is 18.2 Å². The summed E-state index contributed by atoms with van der Waals surface area (Å²) in [6.07, 6.45) is 0.0611. The van der Waals surface area contributed by atoms with E-state index in [0.29, 0.717) is 11.6 Å². The van der Waals surface area contributed by atoms with Crippen LogP contribution in [0, 0.1) is 0 Å². The highest BCUT2D eigenvalue weighted by molar-refractivity contribution is 6.30. The first kappa shape index (κ1) is 9.62. The van der Waals surface area contributed by atoms with Crippen molar-refractivity contribution in [3.63, 3.8) is 0 Å². The standard InChI is InChI=1S/C10H12ClNO2/c1-12-5-8-6-13-9-3-2-7(11)4-10(9)14-8/h2-4,8,12H,5-6H2,1H3. The van der Waals surface area contributed by atoms with Gasteiger partial charge in [0.05, 0.1) is 0 Å². The molecule has 1 heterocycles. The summed E-state index contributed by atoms with van der Waals surface area (Å²) in [7, 11) is 1.89. The molecule has 3 nitrogen and oxygen atoms in total. The van der Waals surface area contributed by atoms with E-state index in [1.165, 1.54) is 0 Å². The Morgan fingerprint density at radius 2 is 2.36 bits per heavy atom. The molecule has 1 aromatic rings. The normalized spacial score (nSPS) is 19.4. The molecule has 1 N–H and O–H groups in total. The quantitative estimate of drug-likeness (QED) is 0.811. The minimum Gasteiger partial charge on any atom is -0.486 e. The topological polar surface area (TPSA) is 30.5 Å². The zero-order valence-electron chi connectivity index (χ0n) is 7.92. The molecule has 0 saturated carbocycles. The van der Waals surface area contributed by atoms with E-state index < -0.39 is 0 Å². The molecule has 1 aliphatic heterocycles. The number of hydrogen-bond acceptors (Lipinski definition) is 3. The van der Waals surface area contributed by atoms with Gasteiger partial charge in [-0.15, -0.1) is 0 Å². The first-order valence-electron chi connectivity index (χ1n) is 4.53.